The summed E-state index contributed by atoms with van der Waals surface area (Å²) in [7, 11) is 0. The minimum absolute atomic E-state index is 0.0798. The van der Waals surface area contributed by atoms with Gasteiger partial charge >= 0.3 is 0 Å². The molecule has 1 aliphatic heterocycles. The van der Waals surface area contributed by atoms with Crippen LogP contribution in [0.25, 0.3) is 27.5 Å². The maximum absolute atomic E-state index is 14.7. The number of thiazole rings is 1. The van der Waals surface area contributed by atoms with E-state index in [1.165, 1.54) is 46.2 Å². The lowest BCUT2D eigenvalue weighted by Crippen LogP contribution is -2.38. The lowest BCUT2D eigenvalue weighted by molar-refractivity contribution is 0.0722. The second kappa shape index (κ2) is 13.2. The molecule has 43 heavy (non-hydrogen) atoms. The minimum atomic E-state index is -2.58. The van der Waals surface area contributed by atoms with Gasteiger partial charge in [-0.25, -0.2) is 18.2 Å². The monoisotopic (exact) mass is 609 g/mol. The second-order valence-corrected chi connectivity index (χ2v) is 11.9. The predicted octanol–water partition coefficient (Wildman–Crippen LogP) is 7.93. The van der Waals surface area contributed by atoms with Crippen molar-refractivity contribution in [3.8, 4) is 33.3 Å². The molecular formula is C33H34F3N3O3S. The Morgan fingerprint density at radius 2 is 1.77 bits per heavy atom. The van der Waals surface area contributed by atoms with Crippen molar-refractivity contribution in [2.24, 2.45) is 5.92 Å². The number of rotatable bonds is 9. The van der Waals surface area contributed by atoms with Gasteiger partial charge in [-0.15, -0.1) is 11.3 Å². The molecule has 0 saturated carbocycles. The topological polar surface area (TPSA) is 64.4 Å². The number of pyridine rings is 1. The van der Waals surface area contributed by atoms with Crippen LogP contribution in [-0.4, -0.2) is 40.1 Å². The van der Waals surface area contributed by atoms with Crippen LogP contribution in [0, 0.1) is 11.7 Å². The first kappa shape index (κ1) is 30.5. The number of likely N-dealkylation sites (tertiary alicyclic amines) is 1. The molecule has 226 valence electrons. The largest absolute Gasteiger partial charge is 0.492 e. The van der Waals surface area contributed by atoms with Crippen molar-refractivity contribution in [3.63, 3.8) is 0 Å². The van der Waals surface area contributed by atoms with E-state index in [0.717, 1.165) is 19.3 Å². The molecule has 4 aromatic rings. The third kappa shape index (κ3) is 6.54. The molecule has 0 N–H and O–H groups in total. The van der Waals surface area contributed by atoms with E-state index in [-0.39, 0.29) is 28.6 Å². The number of carbonyl (C=O) groups is 1. The zero-order chi connectivity index (χ0) is 30.7. The highest BCUT2D eigenvalue weighted by molar-refractivity contribution is 7.13. The molecule has 0 spiro atoms. The van der Waals surface area contributed by atoms with Crippen LogP contribution in [0.4, 0.5) is 13.2 Å². The molecule has 1 amide bonds. The molecule has 0 aliphatic carbocycles. The Bertz CT molecular complexity index is 1660. The number of ether oxygens (including phenoxy) is 1. The summed E-state index contributed by atoms with van der Waals surface area (Å²) in [6.45, 7) is 7.34. The van der Waals surface area contributed by atoms with Crippen LogP contribution in [0.2, 0.25) is 0 Å². The van der Waals surface area contributed by atoms with Gasteiger partial charge in [-0.1, -0.05) is 38.1 Å². The zero-order valence-corrected chi connectivity index (χ0v) is 25.2. The molecule has 0 radical (unpaired) electrons. The number of aromatic nitrogens is 2. The van der Waals surface area contributed by atoms with Gasteiger partial charge in [-0.2, -0.15) is 0 Å². The average molecular weight is 610 g/mol. The molecule has 6 nitrogen and oxygen atoms in total. The quantitative estimate of drug-likeness (QED) is 0.193. The highest BCUT2D eigenvalue weighted by Gasteiger charge is 2.28. The molecule has 5 rings (SSSR count). The lowest BCUT2D eigenvalue weighted by Gasteiger charge is -2.29. The molecule has 3 heterocycles. The van der Waals surface area contributed by atoms with Crippen molar-refractivity contribution in [1.82, 2.24) is 14.5 Å². The van der Waals surface area contributed by atoms with E-state index in [2.05, 4.69) is 4.98 Å². The normalized spacial score (nSPS) is 13.6. The summed E-state index contributed by atoms with van der Waals surface area (Å²) in [5, 5.41) is 2.11. The van der Waals surface area contributed by atoms with Gasteiger partial charge in [0.1, 0.15) is 16.6 Å². The number of hydrogen-bond donors (Lipinski definition) is 0. The summed E-state index contributed by atoms with van der Waals surface area (Å²) in [5.74, 6) is -0.322. The fourth-order valence-corrected chi connectivity index (χ4v) is 6.21. The number of amides is 1. The summed E-state index contributed by atoms with van der Waals surface area (Å²) >= 11 is 1.22. The molecule has 1 saturated heterocycles. The van der Waals surface area contributed by atoms with E-state index in [4.69, 9.17) is 4.74 Å². The van der Waals surface area contributed by atoms with Gasteiger partial charge in [-0.3, -0.25) is 14.2 Å². The SMILES string of the molecule is CCOc1ccc(F)cc1-n1c(CC(C)C)c(C(=O)N2CCCCC2)cc(-c2nc(-c3ccc(C(F)F)cc3)cs2)c1=O. The van der Waals surface area contributed by atoms with Crippen LogP contribution in [0.15, 0.2) is 58.7 Å². The summed E-state index contributed by atoms with van der Waals surface area (Å²) < 4.78 is 48.1. The van der Waals surface area contributed by atoms with Crippen molar-refractivity contribution in [3.05, 3.63) is 86.9 Å². The number of hydrogen-bond acceptors (Lipinski definition) is 5. The molecular weight excluding hydrogens is 575 g/mol. The number of benzene rings is 2. The van der Waals surface area contributed by atoms with Gasteiger partial charge in [-0.05, 0) is 56.7 Å². The van der Waals surface area contributed by atoms with Gasteiger partial charge in [0.2, 0.25) is 0 Å². The third-order valence-electron chi connectivity index (χ3n) is 7.43. The van der Waals surface area contributed by atoms with Gasteiger partial charge in [0.25, 0.3) is 17.9 Å². The number of halogens is 3. The van der Waals surface area contributed by atoms with E-state index in [9.17, 15) is 22.8 Å². The van der Waals surface area contributed by atoms with E-state index in [1.807, 2.05) is 18.7 Å². The maximum Gasteiger partial charge on any atom is 0.265 e. The van der Waals surface area contributed by atoms with E-state index < -0.39 is 17.8 Å². The van der Waals surface area contributed by atoms with Crippen LogP contribution in [-0.2, 0) is 6.42 Å². The van der Waals surface area contributed by atoms with Crippen molar-refractivity contribution >= 4 is 17.2 Å². The molecule has 0 bridgehead atoms. The first-order chi connectivity index (χ1) is 20.7. The molecule has 1 aliphatic rings. The van der Waals surface area contributed by atoms with Crippen molar-refractivity contribution in [2.75, 3.05) is 19.7 Å². The first-order valence-corrected chi connectivity index (χ1v) is 15.4. The predicted molar refractivity (Wildman–Crippen MR) is 163 cm³/mol. The van der Waals surface area contributed by atoms with E-state index >= 15 is 0 Å². The fourth-order valence-electron chi connectivity index (χ4n) is 5.37. The maximum atomic E-state index is 14.7. The van der Waals surface area contributed by atoms with E-state index in [1.54, 1.807) is 30.5 Å². The molecule has 2 aromatic heterocycles. The Morgan fingerprint density at radius 3 is 2.42 bits per heavy atom. The second-order valence-electron chi connectivity index (χ2n) is 11.0. The summed E-state index contributed by atoms with van der Waals surface area (Å²) in [6.07, 6.45) is 0.663. The van der Waals surface area contributed by atoms with Crippen LogP contribution >= 0.6 is 11.3 Å². The smallest absolute Gasteiger partial charge is 0.265 e. The Morgan fingerprint density at radius 1 is 1.05 bits per heavy atom. The van der Waals surface area contributed by atoms with Crippen molar-refractivity contribution < 1.29 is 22.7 Å². The van der Waals surface area contributed by atoms with Crippen LogP contribution < -0.4 is 10.3 Å². The van der Waals surface area contributed by atoms with Crippen LogP contribution in [0.1, 0.15) is 68.1 Å². The minimum Gasteiger partial charge on any atom is -0.492 e. The average Bonchev–Trinajstić information content (AvgIpc) is 3.48. The Balaban J connectivity index is 1.74. The van der Waals surface area contributed by atoms with Gasteiger partial charge in [0, 0.05) is 41.4 Å². The molecule has 2 aromatic carbocycles. The lowest BCUT2D eigenvalue weighted by atomic mass is 9.98. The Labute approximate surface area is 252 Å². The standard InChI is InChI=1S/C33H34F3N3O3S/c1-4-42-29-13-12-23(34)17-28(29)39-27(16-20(2)3)24(32(40)38-14-6-5-7-15-38)18-25(33(39)41)31-37-26(19-43-31)21-8-10-22(11-9-21)30(35)36/h8-13,17-20,30H,4-7,14-16H2,1-3H3. The number of nitrogens with zero attached hydrogens (tertiary/aromatic N) is 3. The van der Waals surface area contributed by atoms with Crippen LogP contribution in [0.3, 0.4) is 0 Å². The number of carbonyl (C=O) groups excluding carboxylic acids is 1. The number of piperidine rings is 1. The molecule has 10 heteroatoms. The van der Waals surface area contributed by atoms with E-state index in [0.29, 0.717) is 59.4 Å². The zero-order valence-electron chi connectivity index (χ0n) is 24.4. The Hall–Kier alpha value is -3.92. The van der Waals surface area contributed by atoms with Crippen molar-refractivity contribution in [1.29, 1.82) is 0 Å². The summed E-state index contributed by atoms with van der Waals surface area (Å²) in [6, 6.07) is 11.5. The first-order valence-electron chi connectivity index (χ1n) is 14.5. The number of alkyl halides is 2. The van der Waals surface area contributed by atoms with Gasteiger partial charge < -0.3 is 9.64 Å². The highest BCUT2D eigenvalue weighted by Crippen LogP contribution is 2.33. The third-order valence-corrected chi connectivity index (χ3v) is 8.31. The molecule has 0 unspecified atom stereocenters. The molecule has 0 atom stereocenters. The van der Waals surface area contributed by atoms with Gasteiger partial charge in [0.15, 0.2) is 0 Å². The highest BCUT2D eigenvalue weighted by atomic mass is 32.1. The summed E-state index contributed by atoms with van der Waals surface area (Å²) in [5.41, 5.74) is 1.87. The van der Waals surface area contributed by atoms with Crippen LogP contribution in [0.5, 0.6) is 5.75 Å². The van der Waals surface area contributed by atoms with Gasteiger partial charge in [0.05, 0.1) is 29.1 Å². The summed E-state index contributed by atoms with van der Waals surface area (Å²) in [4.78, 5) is 35.0. The van der Waals surface area contributed by atoms with Crippen molar-refractivity contribution in [2.45, 2.75) is 52.9 Å². The Kier molecular flexibility index (Phi) is 9.34. The fraction of sp³-hybridized carbons (Fsp3) is 0.364. The molecule has 1 fully saturated rings.